The van der Waals surface area contributed by atoms with Gasteiger partial charge in [0.2, 0.25) is 21.8 Å². The minimum Gasteiger partial charge on any atom is -0.352 e. The van der Waals surface area contributed by atoms with E-state index in [-0.39, 0.29) is 25.0 Å². The zero-order valence-corrected chi connectivity index (χ0v) is 21.1. The molecule has 33 heavy (non-hydrogen) atoms. The number of nitrogens with one attached hydrogen (secondary N) is 1. The maximum Gasteiger partial charge on any atom is 0.244 e. The number of carbonyl (C=O) groups excluding carboxylic acids is 2. The number of para-hydroxylation sites is 1. The highest BCUT2D eigenvalue weighted by Gasteiger charge is 2.30. The zero-order valence-electron chi connectivity index (χ0n) is 20.3. The molecule has 0 bridgehead atoms. The molecular formula is C25H35N3O4S. The molecule has 2 rings (SSSR count). The molecule has 180 valence electrons. The summed E-state index contributed by atoms with van der Waals surface area (Å²) >= 11 is 0. The largest absolute Gasteiger partial charge is 0.352 e. The molecule has 1 unspecified atom stereocenters. The Balaban J connectivity index is 2.42. The van der Waals surface area contributed by atoms with E-state index in [1.807, 2.05) is 64.1 Å². The highest BCUT2D eigenvalue weighted by atomic mass is 32.2. The highest BCUT2D eigenvalue weighted by Crippen LogP contribution is 2.24. The molecule has 0 saturated heterocycles. The predicted molar refractivity (Wildman–Crippen MR) is 132 cm³/mol. The topological polar surface area (TPSA) is 86.8 Å². The van der Waals surface area contributed by atoms with Gasteiger partial charge in [-0.2, -0.15) is 0 Å². The number of benzene rings is 2. The fourth-order valence-electron chi connectivity index (χ4n) is 3.53. The minimum atomic E-state index is -3.74. The van der Waals surface area contributed by atoms with E-state index in [9.17, 15) is 18.0 Å². The molecule has 8 heteroatoms. The Morgan fingerprint density at radius 3 is 2.15 bits per heavy atom. The molecule has 0 aliphatic heterocycles. The summed E-state index contributed by atoms with van der Waals surface area (Å²) < 4.78 is 26.5. The first-order chi connectivity index (χ1) is 15.4. The first kappa shape index (κ1) is 26.4. The second kappa shape index (κ2) is 11.3. The van der Waals surface area contributed by atoms with Gasteiger partial charge in [-0.05, 0) is 51.3 Å². The van der Waals surface area contributed by atoms with Crippen molar-refractivity contribution in [2.24, 2.45) is 0 Å². The Labute approximate surface area is 197 Å². The van der Waals surface area contributed by atoms with Gasteiger partial charge >= 0.3 is 0 Å². The van der Waals surface area contributed by atoms with Gasteiger partial charge in [0.1, 0.15) is 12.6 Å². The van der Waals surface area contributed by atoms with Gasteiger partial charge in [-0.15, -0.1) is 0 Å². The number of anilines is 1. The van der Waals surface area contributed by atoms with Crippen LogP contribution in [-0.2, 0) is 32.6 Å². The molecule has 2 aromatic rings. The summed E-state index contributed by atoms with van der Waals surface area (Å²) in [5.41, 5.74) is 3.25. The third kappa shape index (κ3) is 7.32. The van der Waals surface area contributed by atoms with Gasteiger partial charge in [0.05, 0.1) is 11.9 Å². The van der Waals surface area contributed by atoms with Crippen molar-refractivity contribution in [2.45, 2.75) is 59.7 Å². The molecule has 0 saturated carbocycles. The zero-order chi connectivity index (χ0) is 24.8. The molecule has 1 N–H and O–H groups in total. The number of hydrogen-bond donors (Lipinski definition) is 1. The second-order valence-electron chi connectivity index (χ2n) is 8.60. The third-order valence-electron chi connectivity index (χ3n) is 5.39. The van der Waals surface area contributed by atoms with E-state index in [0.717, 1.165) is 27.3 Å². The summed E-state index contributed by atoms with van der Waals surface area (Å²) in [7, 11) is -3.74. The van der Waals surface area contributed by atoms with E-state index < -0.39 is 22.0 Å². The van der Waals surface area contributed by atoms with Crippen molar-refractivity contribution >= 4 is 27.5 Å². The van der Waals surface area contributed by atoms with Crippen LogP contribution >= 0.6 is 0 Å². The summed E-state index contributed by atoms with van der Waals surface area (Å²) in [6.45, 7) is 9.08. The molecule has 1 atom stereocenters. The average Bonchev–Trinajstić information content (AvgIpc) is 2.75. The van der Waals surface area contributed by atoms with Gasteiger partial charge in [0.15, 0.2) is 0 Å². The predicted octanol–water partition coefficient (Wildman–Crippen LogP) is 3.27. The number of sulfonamides is 1. The average molecular weight is 474 g/mol. The molecule has 2 amide bonds. The van der Waals surface area contributed by atoms with Crippen molar-refractivity contribution in [1.82, 2.24) is 10.2 Å². The fourth-order valence-corrected chi connectivity index (χ4v) is 4.41. The summed E-state index contributed by atoms with van der Waals surface area (Å²) in [6.07, 6.45) is 1.71. The smallest absolute Gasteiger partial charge is 0.244 e. The number of hydrogen-bond acceptors (Lipinski definition) is 4. The van der Waals surface area contributed by atoms with Crippen LogP contribution in [0.25, 0.3) is 0 Å². The molecule has 0 radical (unpaired) electrons. The summed E-state index contributed by atoms with van der Waals surface area (Å²) in [5.74, 6) is -0.733. The number of carbonyl (C=O) groups is 2. The molecule has 0 heterocycles. The minimum absolute atomic E-state index is 0.0831. The van der Waals surface area contributed by atoms with Crippen LogP contribution in [0.15, 0.2) is 48.5 Å². The highest BCUT2D eigenvalue weighted by molar-refractivity contribution is 7.92. The number of amides is 2. The lowest BCUT2D eigenvalue weighted by molar-refractivity contribution is -0.139. The molecule has 0 fully saturated rings. The summed E-state index contributed by atoms with van der Waals surface area (Å²) in [5, 5.41) is 2.84. The van der Waals surface area contributed by atoms with Crippen LogP contribution in [-0.4, -0.2) is 50.0 Å². The SMILES string of the molecule is CCc1ccccc1N(CC(=O)N(Cc1ccc(C)cc1)C(C)C(=O)NC(C)C)S(C)(=O)=O. The fraction of sp³-hybridized carbons (Fsp3) is 0.440. The Hall–Kier alpha value is -2.87. The molecule has 0 aliphatic rings. The van der Waals surface area contributed by atoms with Crippen LogP contribution in [0.3, 0.4) is 0 Å². The number of aryl methyl sites for hydroxylation is 2. The maximum atomic E-state index is 13.5. The van der Waals surface area contributed by atoms with Crippen LogP contribution in [0, 0.1) is 6.92 Å². The van der Waals surface area contributed by atoms with Crippen LogP contribution in [0.4, 0.5) is 5.69 Å². The van der Waals surface area contributed by atoms with Crippen molar-refractivity contribution in [2.75, 3.05) is 17.1 Å². The van der Waals surface area contributed by atoms with Gasteiger partial charge < -0.3 is 10.2 Å². The molecule has 0 aliphatic carbocycles. The lowest BCUT2D eigenvalue weighted by Crippen LogP contribution is -2.52. The van der Waals surface area contributed by atoms with E-state index in [1.54, 1.807) is 19.1 Å². The number of nitrogens with zero attached hydrogens (tertiary/aromatic N) is 2. The standard InChI is InChI=1S/C25H35N3O4S/c1-7-22-10-8-9-11-23(22)28(33(6,31)32)17-24(29)27(20(5)25(30)26-18(2)3)16-21-14-12-19(4)13-15-21/h8-15,18,20H,7,16-17H2,1-6H3,(H,26,30). The Morgan fingerprint density at radius 2 is 1.61 bits per heavy atom. The van der Waals surface area contributed by atoms with Gasteiger partial charge in [0, 0.05) is 12.6 Å². The summed E-state index contributed by atoms with van der Waals surface area (Å²) in [4.78, 5) is 27.7. The second-order valence-corrected chi connectivity index (χ2v) is 10.5. The first-order valence-corrected chi connectivity index (χ1v) is 13.0. The van der Waals surface area contributed by atoms with E-state index in [2.05, 4.69) is 5.32 Å². The lowest BCUT2D eigenvalue weighted by atomic mass is 10.1. The maximum absolute atomic E-state index is 13.5. The molecule has 0 spiro atoms. The number of rotatable bonds is 10. The van der Waals surface area contributed by atoms with Crippen LogP contribution in [0.2, 0.25) is 0 Å². The Kier molecular flexibility index (Phi) is 9.05. The molecule has 7 nitrogen and oxygen atoms in total. The summed E-state index contributed by atoms with van der Waals surface area (Å²) in [6, 6.07) is 14.0. The lowest BCUT2D eigenvalue weighted by Gasteiger charge is -2.32. The van der Waals surface area contributed by atoms with Crippen molar-refractivity contribution in [3.05, 3.63) is 65.2 Å². The van der Waals surface area contributed by atoms with Crippen molar-refractivity contribution < 1.29 is 18.0 Å². The quantitative estimate of drug-likeness (QED) is 0.574. The monoisotopic (exact) mass is 473 g/mol. The Morgan fingerprint density at radius 1 is 1.00 bits per heavy atom. The van der Waals surface area contributed by atoms with Gasteiger partial charge in [0.25, 0.3) is 0 Å². The van der Waals surface area contributed by atoms with E-state index in [1.165, 1.54) is 4.90 Å². The Bertz CT molecular complexity index is 1070. The van der Waals surface area contributed by atoms with Crippen LogP contribution in [0.1, 0.15) is 44.4 Å². The van der Waals surface area contributed by atoms with Crippen molar-refractivity contribution in [3.63, 3.8) is 0 Å². The first-order valence-electron chi connectivity index (χ1n) is 11.1. The molecule has 0 aromatic heterocycles. The third-order valence-corrected chi connectivity index (χ3v) is 6.52. The van der Waals surface area contributed by atoms with E-state index in [0.29, 0.717) is 12.1 Å². The van der Waals surface area contributed by atoms with Crippen molar-refractivity contribution in [3.8, 4) is 0 Å². The molecular weight excluding hydrogens is 438 g/mol. The van der Waals surface area contributed by atoms with Crippen LogP contribution in [0.5, 0.6) is 0 Å². The van der Waals surface area contributed by atoms with E-state index >= 15 is 0 Å². The van der Waals surface area contributed by atoms with Gasteiger partial charge in [-0.25, -0.2) is 8.42 Å². The van der Waals surface area contributed by atoms with Gasteiger partial charge in [-0.3, -0.25) is 13.9 Å². The molecule has 2 aromatic carbocycles. The van der Waals surface area contributed by atoms with E-state index in [4.69, 9.17) is 0 Å². The van der Waals surface area contributed by atoms with Crippen molar-refractivity contribution in [1.29, 1.82) is 0 Å². The van der Waals surface area contributed by atoms with Crippen LogP contribution < -0.4 is 9.62 Å². The normalized spacial score (nSPS) is 12.3. The van der Waals surface area contributed by atoms with Gasteiger partial charge in [-0.1, -0.05) is 55.0 Å².